The molecule has 1 aromatic heterocycles. The topological polar surface area (TPSA) is 63.2 Å². The summed E-state index contributed by atoms with van der Waals surface area (Å²) in [6, 6.07) is 9.40. The Balaban J connectivity index is 2.38. The molecule has 0 N–H and O–H groups in total. The summed E-state index contributed by atoms with van der Waals surface area (Å²) in [5.74, 6) is 1.22. The van der Waals surface area contributed by atoms with Gasteiger partial charge in [-0.2, -0.15) is 5.26 Å². The molecule has 0 fully saturated rings. The molecule has 0 unspecified atom stereocenters. The summed E-state index contributed by atoms with van der Waals surface area (Å²) in [4.78, 5) is 12.7. The highest BCUT2D eigenvalue weighted by Gasteiger charge is 2.24. The molecule has 3 rings (SSSR count). The van der Waals surface area contributed by atoms with Crippen LogP contribution in [0.25, 0.3) is 11.3 Å². The highest BCUT2D eigenvalue weighted by molar-refractivity contribution is 7.98. The summed E-state index contributed by atoms with van der Waals surface area (Å²) in [6.07, 6.45) is 2.46. The highest BCUT2D eigenvalue weighted by Crippen LogP contribution is 2.38. The van der Waals surface area contributed by atoms with Crippen molar-refractivity contribution < 1.29 is 9.15 Å². The first-order chi connectivity index (χ1) is 9.76. The minimum atomic E-state index is -0.590. The fraction of sp³-hybridized carbons (Fsp3) is 0.200. The van der Waals surface area contributed by atoms with E-state index in [0.29, 0.717) is 29.4 Å². The molecule has 0 spiro atoms. The van der Waals surface area contributed by atoms with E-state index in [1.54, 1.807) is 0 Å². The van der Waals surface area contributed by atoms with E-state index in [1.807, 2.05) is 36.6 Å². The Morgan fingerprint density at radius 1 is 1.35 bits per heavy atom. The molecule has 1 aliphatic heterocycles. The Morgan fingerprint density at radius 3 is 2.90 bits per heavy atom. The zero-order valence-electron chi connectivity index (χ0n) is 10.8. The third-order valence-corrected chi connectivity index (χ3v) is 4.09. The normalized spacial score (nSPS) is 12.6. The van der Waals surface area contributed by atoms with Crippen LogP contribution >= 0.6 is 11.8 Å². The van der Waals surface area contributed by atoms with E-state index in [-0.39, 0.29) is 5.56 Å². The molecule has 5 heteroatoms. The molecular weight excluding hydrogens is 274 g/mol. The number of benzene rings is 1. The third-order valence-electron chi connectivity index (χ3n) is 3.23. The summed E-state index contributed by atoms with van der Waals surface area (Å²) in [6.45, 7) is 0.496. The molecule has 0 aliphatic carbocycles. The van der Waals surface area contributed by atoms with Gasteiger partial charge in [0, 0.05) is 16.9 Å². The summed E-state index contributed by atoms with van der Waals surface area (Å²) in [5.41, 5.74) is 1.12. The standard InChI is InChI=1S/C15H11NO3S/c1-20-14-10-6-7-18-12-5-3-2-4-9(12)13(10)19-15(17)11(14)8-16/h2-5H,6-7H2,1H3. The van der Waals surface area contributed by atoms with E-state index in [0.717, 1.165) is 11.1 Å². The smallest absolute Gasteiger partial charge is 0.355 e. The van der Waals surface area contributed by atoms with E-state index in [4.69, 9.17) is 14.4 Å². The zero-order chi connectivity index (χ0) is 14.1. The van der Waals surface area contributed by atoms with Crippen LogP contribution in [0.3, 0.4) is 0 Å². The van der Waals surface area contributed by atoms with Crippen LogP contribution in [-0.2, 0) is 6.42 Å². The number of thioether (sulfide) groups is 1. The molecule has 0 atom stereocenters. The van der Waals surface area contributed by atoms with Crippen molar-refractivity contribution in [3.05, 3.63) is 45.8 Å². The SMILES string of the molecule is CSc1c2c(oc(=O)c1C#N)-c1ccccc1OCC2. The fourth-order valence-corrected chi connectivity index (χ4v) is 3.14. The maximum atomic E-state index is 12.0. The van der Waals surface area contributed by atoms with Crippen molar-refractivity contribution in [2.45, 2.75) is 11.3 Å². The molecule has 20 heavy (non-hydrogen) atoms. The zero-order valence-corrected chi connectivity index (χ0v) is 11.6. The van der Waals surface area contributed by atoms with Crippen molar-refractivity contribution >= 4 is 11.8 Å². The monoisotopic (exact) mass is 285 g/mol. The lowest BCUT2D eigenvalue weighted by molar-refractivity contribution is 0.326. The van der Waals surface area contributed by atoms with Gasteiger partial charge >= 0.3 is 5.63 Å². The second-order valence-electron chi connectivity index (χ2n) is 4.31. The van der Waals surface area contributed by atoms with Crippen molar-refractivity contribution in [1.29, 1.82) is 5.26 Å². The van der Waals surface area contributed by atoms with Crippen molar-refractivity contribution in [2.75, 3.05) is 12.9 Å². The van der Waals surface area contributed by atoms with Gasteiger partial charge in [-0.15, -0.1) is 11.8 Å². The molecule has 0 amide bonds. The van der Waals surface area contributed by atoms with Gasteiger partial charge in [-0.25, -0.2) is 4.79 Å². The number of hydrogen-bond acceptors (Lipinski definition) is 5. The summed E-state index contributed by atoms with van der Waals surface area (Å²) in [7, 11) is 0. The molecular formula is C15H11NO3S. The molecule has 1 aliphatic rings. The summed E-state index contributed by atoms with van der Waals surface area (Å²) in [5, 5.41) is 9.14. The first-order valence-electron chi connectivity index (χ1n) is 6.12. The van der Waals surface area contributed by atoms with Gasteiger partial charge in [-0.05, 0) is 18.4 Å². The van der Waals surface area contributed by atoms with Gasteiger partial charge in [0.05, 0.1) is 12.2 Å². The lowest BCUT2D eigenvalue weighted by Gasteiger charge is -2.10. The average molecular weight is 285 g/mol. The van der Waals surface area contributed by atoms with Crippen LogP contribution in [-0.4, -0.2) is 12.9 Å². The molecule has 2 aromatic rings. The Bertz CT molecular complexity index is 774. The second-order valence-corrected chi connectivity index (χ2v) is 5.13. The Hall–Kier alpha value is -2.19. The molecule has 0 saturated heterocycles. The molecule has 4 nitrogen and oxygen atoms in total. The fourth-order valence-electron chi connectivity index (χ4n) is 2.36. The van der Waals surface area contributed by atoms with Gasteiger partial charge in [0.2, 0.25) is 0 Å². The van der Waals surface area contributed by atoms with Crippen molar-refractivity contribution in [1.82, 2.24) is 0 Å². The molecule has 0 bridgehead atoms. The first-order valence-corrected chi connectivity index (χ1v) is 7.35. The molecule has 0 saturated carbocycles. The summed E-state index contributed by atoms with van der Waals surface area (Å²) < 4.78 is 11.1. The van der Waals surface area contributed by atoms with Gasteiger partial charge in [-0.3, -0.25) is 0 Å². The number of hydrogen-bond donors (Lipinski definition) is 0. The summed E-state index contributed by atoms with van der Waals surface area (Å²) >= 11 is 1.39. The molecule has 2 heterocycles. The van der Waals surface area contributed by atoms with Gasteiger partial charge in [-0.1, -0.05) is 12.1 Å². The van der Waals surface area contributed by atoms with Crippen LogP contribution in [0.4, 0.5) is 0 Å². The van der Waals surface area contributed by atoms with E-state index >= 15 is 0 Å². The van der Waals surface area contributed by atoms with E-state index < -0.39 is 5.63 Å². The third kappa shape index (κ3) is 1.89. The van der Waals surface area contributed by atoms with E-state index in [2.05, 4.69) is 0 Å². The minimum absolute atomic E-state index is 0.0793. The van der Waals surface area contributed by atoms with Crippen LogP contribution in [0.2, 0.25) is 0 Å². The maximum absolute atomic E-state index is 12.0. The van der Waals surface area contributed by atoms with Gasteiger partial charge in [0.25, 0.3) is 0 Å². The van der Waals surface area contributed by atoms with Crippen LogP contribution in [0.1, 0.15) is 11.1 Å². The number of ether oxygens (including phenoxy) is 1. The van der Waals surface area contributed by atoms with Crippen molar-refractivity contribution in [2.24, 2.45) is 0 Å². The second kappa shape index (κ2) is 5.06. The first kappa shape index (κ1) is 12.8. The van der Waals surface area contributed by atoms with Crippen LogP contribution < -0.4 is 10.4 Å². The predicted molar refractivity (Wildman–Crippen MR) is 76.1 cm³/mol. The molecule has 1 aromatic carbocycles. The maximum Gasteiger partial charge on any atom is 0.355 e. The number of nitriles is 1. The number of rotatable bonds is 1. The number of fused-ring (bicyclic) bond motifs is 3. The van der Waals surface area contributed by atoms with Crippen molar-refractivity contribution in [3.63, 3.8) is 0 Å². The predicted octanol–water partition coefficient (Wildman–Crippen LogP) is 2.84. The van der Waals surface area contributed by atoms with Crippen LogP contribution in [0.5, 0.6) is 5.75 Å². The van der Waals surface area contributed by atoms with Gasteiger partial charge in [0.1, 0.15) is 17.6 Å². The average Bonchev–Trinajstić information content (AvgIpc) is 2.65. The molecule has 0 radical (unpaired) electrons. The Kier molecular flexibility index (Phi) is 3.25. The highest BCUT2D eigenvalue weighted by atomic mass is 32.2. The van der Waals surface area contributed by atoms with Crippen molar-refractivity contribution in [3.8, 4) is 23.1 Å². The minimum Gasteiger partial charge on any atom is -0.492 e. The van der Waals surface area contributed by atoms with E-state index in [1.165, 1.54) is 11.8 Å². The van der Waals surface area contributed by atoms with Crippen LogP contribution in [0.15, 0.2) is 38.4 Å². The van der Waals surface area contributed by atoms with Crippen LogP contribution in [0, 0.1) is 11.3 Å². The largest absolute Gasteiger partial charge is 0.492 e. The lowest BCUT2D eigenvalue weighted by Crippen LogP contribution is -2.10. The lowest BCUT2D eigenvalue weighted by atomic mass is 10.0. The molecule has 100 valence electrons. The van der Waals surface area contributed by atoms with Gasteiger partial charge in [0.15, 0.2) is 5.56 Å². The van der Waals surface area contributed by atoms with Gasteiger partial charge < -0.3 is 9.15 Å². The number of para-hydroxylation sites is 1. The Morgan fingerprint density at radius 2 is 2.15 bits per heavy atom. The quantitative estimate of drug-likeness (QED) is 0.754. The Labute approximate surface area is 120 Å². The van der Waals surface area contributed by atoms with E-state index in [9.17, 15) is 4.79 Å². The number of nitrogens with zero attached hydrogens (tertiary/aromatic N) is 1.